The monoisotopic (exact) mass is 1230 g/mol. The van der Waals surface area contributed by atoms with E-state index in [0.717, 1.165) is 161 Å². The molecular weight excluding hydrogens is 1100 g/mol. The number of nitrogens with zero attached hydrogens (tertiary/aromatic N) is 1. The van der Waals surface area contributed by atoms with Crippen LogP contribution in [0.25, 0.3) is 0 Å². The van der Waals surface area contributed by atoms with Crippen molar-refractivity contribution in [2.75, 3.05) is 47.5 Å². The first kappa shape index (κ1) is 83.4. The van der Waals surface area contributed by atoms with Crippen LogP contribution in [-0.2, 0) is 33.3 Å². The van der Waals surface area contributed by atoms with Gasteiger partial charge in [0, 0.05) is 12.8 Å². The maximum Gasteiger partial charge on any atom is 0.306 e. The molecule has 0 heterocycles. The Morgan fingerprint density at radius 2 is 0.607 bits per heavy atom. The zero-order chi connectivity index (χ0) is 64.7. The third kappa shape index (κ3) is 69.7. The minimum atomic E-state index is -1.64. The molecule has 0 saturated carbocycles. The molecule has 0 spiro atoms. The van der Waals surface area contributed by atoms with Crippen LogP contribution in [0.4, 0.5) is 0 Å². The summed E-state index contributed by atoms with van der Waals surface area (Å²) in [7, 11) is 5.91. The van der Waals surface area contributed by atoms with E-state index in [9.17, 15) is 19.5 Å². The average Bonchev–Trinajstić information content (AvgIpc) is 3.64. The fourth-order valence-corrected chi connectivity index (χ4v) is 8.88. The van der Waals surface area contributed by atoms with Gasteiger partial charge in [-0.05, 0) is 135 Å². The Kier molecular flexibility index (Phi) is 64.0. The molecule has 0 radical (unpaired) electrons. The number of carboxylic acid groups (broad SMARTS) is 1. The number of aliphatic carboxylic acids is 1. The molecule has 9 heteroatoms. The first-order valence-corrected chi connectivity index (χ1v) is 34.9. The zero-order valence-corrected chi connectivity index (χ0v) is 57.0. The van der Waals surface area contributed by atoms with Crippen molar-refractivity contribution in [2.24, 2.45) is 0 Å². The van der Waals surface area contributed by atoms with Gasteiger partial charge < -0.3 is 33.3 Å². The van der Waals surface area contributed by atoms with E-state index < -0.39 is 24.3 Å². The smallest absolute Gasteiger partial charge is 0.306 e. The van der Waals surface area contributed by atoms with Crippen LogP contribution in [0.1, 0.15) is 245 Å². The third-order valence-electron chi connectivity index (χ3n) is 14.1. The van der Waals surface area contributed by atoms with Crippen LogP contribution >= 0.6 is 0 Å². The average molecular weight is 1230 g/mol. The molecule has 0 aliphatic rings. The lowest BCUT2D eigenvalue weighted by atomic mass is 10.1. The second-order valence-electron chi connectivity index (χ2n) is 23.7. The number of hydrogen-bond acceptors (Lipinski definition) is 8. The summed E-state index contributed by atoms with van der Waals surface area (Å²) in [4.78, 5) is 37.5. The lowest BCUT2D eigenvalue weighted by molar-refractivity contribution is -0.870. The predicted octanol–water partition coefficient (Wildman–Crippen LogP) is 20.7. The van der Waals surface area contributed by atoms with Gasteiger partial charge in [0.1, 0.15) is 13.2 Å². The predicted molar refractivity (Wildman–Crippen MR) is 379 cm³/mol. The van der Waals surface area contributed by atoms with Crippen molar-refractivity contribution in [2.45, 2.75) is 257 Å². The normalized spacial score (nSPS) is 13.9. The van der Waals surface area contributed by atoms with Gasteiger partial charge in [0.2, 0.25) is 0 Å². The fraction of sp³-hybridized carbons (Fsp3) is 0.588. The molecule has 0 aromatic rings. The Morgan fingerprint density at radius 3 is 0.899 bits per heavy atom. The van der Waals surface area contributed by atoms with Gasteiger partial charge in [-0.1, -0.05) is 280 Å². The van der Waals surface area contributed by atoms with Crippen LogP contribution < -0.4 is 5.11 Å². The summed E-state index contributed by atoms with van der Waals surface area (Å²) in [6.07, 6.45) is 101. The van der Waals surface area contributed by atoms with Gasteiger partial charge >= 0.3 is 11.9 Å². The summed E-state index contributed by atoms with van der Waals surface area (Å²) in [5.41, 5.74) is 0. The Hall–Kier alpha value is -5.61. The van der Waals surface area contributed by atoms with Gasteiger partial charge in [-0.3, -0.25) is 9.59 Å². The number of unbranched alkanes of at least 4 members (excludes halogenated alkanes) is 17. The number of esters is 2. The standard InChI is InChI=1S/C80H127NO8/c1-6-8-10-12-14-16-18-20-22-24-26-28-30-31-32-33-34-35-36-37-38-39-40-41-42-43-44-45-46-47-49-51-53-55-57-59-61-63-65-67-69-71-78(83)89-76(75-88-80(79(84)85)86-73-72-81(3,4)5)74-87-77(82)70-68-66-64-62-60-58-56-54-52-50-48-29-27-25-23-21-19-17-15-13-11-9-7-2/h8-11,14-17,20-23,26-29,31-32,34-35,37-38,40-41,43-44,46-47,51,53,76,80H,6-7,12-13,18-19,24-25,30,33,36,39,42,45,48-50,52,54-75H2,1-5H3/b10-8-,11-9-,16-14-,17-15-,22-20-,23-21-,28-26-,29-27-,32-31-,35-34-,38-37-,41-40-,44-43-,47-46-,53-51-. The second kappa shape index (κ2) is 68.3. The molecule has 0 bridgehead atoms. The Labute approximate surface area is 545 Å². The van der Waals surface area contributed by atoms with Crippen molar-refractivity contribution >= 4 is 17.9 Å². The fourth-order valence-electron chi connectivity index (χ4n) is 8.88. The molecule has 9 nitrogen and oxygen atoms in total. The van der Waals surface area contributed by atoms with Crippen molar-refractivity contribution in [3.8, 4) is 0 Å². The molecular formula is C80H127NO8. The largest absolute Gasteiger partial charge is 0.545 e. The number of quaternary nitrogens is 1. The SMILES string of the molecule is CC/C=C\C/C=C\C/C=C\C/C=C\C/C=C\C/C=C\C/C=C\C/C=C\C/C=C\C/C=C\C/C=C\CCCCCCCCCC(=O)OC(COC(=O)CCCCCCCCCCCC/C=C\C/C=C\C/C=C\C/C=C\CC)COC(OCC[N+](C)(C)C)C(=O)[O-]. The molecule has 0 N–H and O–H groups in total. The molecule has 0 rings (SSSR count). The highest BCUT2D eigenvalue weighted by Crippen LogP contribution is 2.15. The summed E-state index contributed by atoms with van der Waals surface area (Å²) in [5, 5.41) is 11.8. The minimum absolute atomic E-state index is 0.135. The number of carbonyl (C=O) groups is 3. The molecule has 0 aromatic heterocycles. The Morgan fingerprint density at radius 1 is 0.337 bits per heavy atom. The number of ether oxygens (including phenoxy) is 4. The maximum absolute atomic E-state index is 12.9. The van der Waals surface area contributed by atoms with E-state index in [1.165, 1.54) is 51.4 Å². The molecule has 0 aliphatic carbocycles. The molecule has 0 aliphatic heterocycles. The Bertz CT molecular complexity index is 2120. The molecule has 0 aromatic carbocycles. The maximum atomic E-state index is 12.9. The van der Waals surface area contributed by atoms with Crippen LogP contribution in [-0.4, -0.2) is 82.3 Å². The lowest BCUT2D eigenvalue weighted by Crippen LogP contribution is -2.44. The number of likely N-dealkylation sites (N-methyl/N-ethyl adjacent to an activating group) is 1. The van der Waals surface area contributed by atoms with Gasteiger partial charge in [0.05, 0.1) is 40.3 Å². The summed E-state index contributed by atoms with van der Waals surface area (Å²) in [6.45, 7) is 4.49. The van der Waals surface area contributed by atoms with Crippen LogP contribution in [0.2, 0.25) is 0 Å². The number of carboxylic acids is 1. The third-order valence-corrected chi connectivity index (χ3v) is 14.1. The molecule has 0 saturated heterocycles. The number of allylic oxidation sites excluding steroid dienone is 30. The second-order valence-corrected chi connectivity index (χ2v) is 23.7. The summed E-state index contributed by atoms with van der Waals surface area (Å²) in [5.74, 6) is -2.32. The quantitative estimate of drug-likeness (QED) is 0.0195. The van der Waals surface area contributed by atoms with E-state index in [-0.39, 0.29) is 38.6 Å². The van der Waals surface area contributed by atoms with Crippen molar-refractivity contribution in [1.82, 2.24) is 0 Å². The van der Waals surface area contributed by atoms with Crippen molar-refractivity contribution in [1.29, 1.82) is 0 Å². The molecule has 0 fully saturated rings. The summed E-state index contributed by atoms with van der Waals surface area (Å²) < 4.78 is 22.8. The van der Waals surface area contributed by atoms with E-state index in [0.29, 0.717) is 17.4 Å². The van der Waals surface area contributed by atoms with Gasteiger partial charge in [-0.15, -0.1) is 0 Å². The Balaban J connectivity index is 4.21. The van der Waals surface area contributed by atoms with E-state index >= 15 is 0 Å². The first-order chi connectivity index (χ1) is 43.6. The van der Waals surface area contributed by atoms with Gasteiger partial charge in [-0.25, -0.2) is 0 Å². The van der Waals surface area contributed by atoms with E-state index in [1.54, 1.807) is 0 Å². The van der Waals surface area contributed by atoms with Crippen LogP contribution in [0, 0.1) is 0 Å². The van der Waals surface area contributed by atoms with E-state index in [4.69, 9.17) is 18.9 Å². The van der Waals surface area contributed by atoms with Gasteiger partial charge in [0.25, 0.3) is 0 Å². The summed E-state index contributed by atoms with van der Waals surface area (Å²) in [6, 6.07) is 0. The minimum Gasteiger partial charge on any atom is -0.545 e. The molecule has 2 atom stereocenters. The zero-order valence-electron chi connectivity index (χ0n) is 57.0. The van der Waals surface area contributed by atoms with Crippen molar-refractivity contribution < 1.29 is 42.9 Å². The molecule has 500 valence electrons. The lowest BCUT2D eigenvalue weighted by Gasteiger charge is -2.26. The first-order valence-electron chi connectivity index (χ1n) is 34.9. The number of rotatable bonds is 62. The van der Waals surface area contributed by atoms with Crippen molar-refractivity contribution in [3.63, 3.8) is 0 Å². The van der Waals surface area contributed by atoms with E-state index in [1.807, 2.05) is 21.1 Å². The summed E-state index contributed by atoms with van der Waals surface area (Å²) >= 11 is 0. The molecule has 2 unspecified atom stereocenters. The number of hydrogen-bond donors (Lipinski definition) is 0. The highest BCUT2D eigenvalue weighted by Gasteiger charge is 2.22. The van der Waals surface area contributed by atoms with Gasteiger partial charge in [-0.2, -0.15) is 0 Å². The van der Waals surface area contributed by atoms with Crippen molar-refractivity contribution in [3.05, 3.63) is 182 Å². The van der Waals surface area contributed by atoms with Gasteiger partial charge in [0.15, 0.2) is 12.4 Å². The van der Waals surface area contributed by atoms with E-state index in [2.05, 4.69) is 196 Å². The molecule has 0 amide bonds. The molecule has 89 heavy (non-hydrogen) atoms. The highest BCUT2D eigenvalue weighted by atomic mass is 16.7. The van der Waals surface area contributed by atoms with Crippen LogP contribution in [0.5, 0.6) is 0 Å². The van der Waals surface area contributed by atoms with Crippen LogP contribution in [0.3, 0.4) is 0 Å². The number of carbonyl (C=O) groups excluding carboxylic acids is 3. The highest BCUT2D eigenvalue weighted by molar-refractivity contribution is 5.70. The topological polar surface area (TPSA) is 111 Å². The van der Waals surface area contributed by atoms with Crippen LogP contribution in [0.15, 0.2) is 182 Å².